The number of rotatable bonds is 2. The molecule has 3 rings (SSSR count). The standard InChI is InChI=1S/C14H16N4O2/c1-10-9-18(7-8-20-10)14-15-13(19)12(16-17-14)11-5-3-2-4-6-11/h2-6,10H,7-9H2,1H3,(H,15,17,19). The van der Waals surface area contributed by atoms with Crippen LogP contribution in [0.5, 0.6) is 0 Å². The minimum atomic E-state index is -0.222. The first-order valence-corrected chi connectivity index (χ1v) is 6.63. The molecule has 1 unspecified atom stereocenters. The van der Waals surface area contributed by atoms with Crippen molar-refractivity contribution < 1.29 is 4.74 Å². The van der Waals surface area contributed by atoms with Crippen LogP contribution in [0.25, 0.3) is 11.3 Å². The summed E-state index contributed by atoms with van der Waals surface area (Å²) in [5.74, 6) is 0.504. The minimum absolute atomic E-state index is 0.128. The number of aromatic amines is 1. The van der Waals surface area contributed by atoms with Gasteiger partial charge in [0, 0.05) is 18.7 Å². The van der Waals surface area contributed by atoms with Crippen LogP contribution in [0.15, 0.2) is 35.1 Å². The van der Waals surface area contributed by atoms with Crippen LogP contribution in [0.4, 0.5) is 5.95 Å². The van der Waals surface area contributed by atoms with Crippen molar-refractivity contribution in [3.05, 3.63) is 40.7 Å². The second-order valence-electron chi connectivity index (χ2n) is 4.82. The fourth-order valence-electron chi connectivity index (χ4n) is 2.27. The highest BCUT2D eigenvalue weighted by Crippen LogP contribution is 2.14. The van der Waals surface area contributed by atoms with E-state index in [0.29, 0.717) is 31.3 Å². The summed E-state index contributed by atoms with van der Waals surface area (Å²) >= 11 is 0. The van der Waals surface area contributed by atoms with E-state index in [0.717, 1.165) is 5.56 Å². The third-order valence-corrected chi connectivity index (χ3v) is 3.27. The highest BCUT2D eigenvalue weighted by molar-refractivity contribution is 5.57. The fourth-order valence-corrected chi connectivity index (χ4v) is 2.27. The van der Waals surface area contributed by atoms with Crippen molar-refractivity contribution >= 4 is 5.95 Å². The van der Waals surface area contributed by atoms with Gasteiger partial charge in [0.05, 0.1) is 12.7 Å². The van der Waals surface area contributed by atoms with Gasteiger partial charge in [-0.3, -0.25) is 9.78 Å². The van der Waals surface area contributed by atoms with Gasteiger partial charge in [0.2, 0.25) is 5.95 Å². The van der Waals surface area contributed by atoms with E-state index in [-0.39, 0.29) is 11.7 Å². The number of anilines is 1. The molecule has 1 aromatic heterocycles. The van der Waals surface area contributed by atoms with E-state index in [2.05, 4.69) is 15.2 Å². The van der Waals surface area contributed by atoms with E-state index < -0.39 is 0 Å². The Labute approximate surface area is 116 Å². The molecule has 1 aromatic carbocycles. The van der Waals surface area contributed by atoms with Crippen LogP contribution in [0, 0.1) is 0 Å². The van der Waals surface area contributed by atoms with Gasteiger partial charge in [0.25, 0.3) is 5.56 Å². The first kappa shape index (κ1) is 12.8. The smallest absolute Gasteiger partial charge is 0.279 e. The van der Waals surface area contributed by atoms with Crippen molar-refractivity contribution in [3.63, 3.8) is 0 Å². The predicted octanol–water partition coefficient (Wildman–Crippen LogP) is 1.06. The lowest BCUT2D eigenvalue weighted by Gasteiger charge is -2.31. The van der Waals surface area contributed by atoms with Gasteiger partial charge in [0.15, 0.2) is 5.69 Å². The quantitative estimate of drug-likeness (QED) is 0.885. The number of hydrogen-bond donors (Lipinski definition) is 1. The second-order valence-corrected chi connectivity index (χ2v) is 4.82. The summed E-state index contributed by atoms with van der Waals surface area (Å²) < 4.78 is 5.47. The minimum Gasteiger partial charge on any atom is -0.375 e. The molecular formula is C14H16N4O2. The number of morpholine rings is 1. The number of ether oxygens (including phenoxy) is 1. The Hall–Kier alpha value is -2.21. The lowest BCUT2D eigenvalue weighted by molar-refractivity contribution is 0.0525. The largest absolute Gasteiger partial charge is 0.375 e. The normalized spacial score (nSPS) is 19.1. The molecule has 1 N–H and O–H groups in total. The third-order valence-electron chi connectivity index (χ3n) is 3.27. The molecule has 6 nitrogen and oxygen atoms in total. The van der Waals surface area contributed by atoms with Crippen LogP contribution in [0.1, 0.15) is 6.92 Å². The molecule has 104 valence electrons. The topological polar surface area (TPSA) is 71.1 Å². The predicted molar refractivity (Wildman–Crippen MR) is 75.7 cm³/mol. The highest BCUT2D eigenvalue weighted by atomic mass is 16.5. The summed E-state index contributed by atoms with van der Waals surface area (Å²) in [6.07, 6.45) is 0.128. The zero-order chi connectivity index (χ0) is 13.9. The van der Waals surface area contributed by atoms with Gasteiger partial charge in [0.1, 0.15) is 0 Å². The Morgan fingerprint density at radius 1 is 1.30 bits per heavy atom. The van der Waals surface area contributed by atoms with Crippen LogP contribution in [-0.4, -0.2) is 41.0 Å². The van der Waals surface area contributed by atoms with Gasteiger partial charge < -0.3 is 9.64 Å². The molecule has 2 aromatic rings. The Morgan fingerprint density at radius 2 is 2.10 bits per heavy atom. The average molecular weight is 272 g/mol. The zero-order valence-electron chi connectivity index (χ0n) is 11.2. The fraction of sp³-hybridized carbons (Fsp3) is 0.357. The lowest BCUT2D eigenvalue weighted by Crippen LogP contribution is -2.42. The third kappa shape index (κ3) is 2.55. The van der Waals surface area contributed by atoms with Crippen molar-refractivity contribution in [2.75, 3.05) is 24.6 Å². The first-order valence-electron chi connectivity index (χ1n) is 6.63. The monoisotopic (exact) mass is 272 g/mol. The Morgan fingerprint density at radius 3 is 2.80 bits per heavy atom. The van der Waals surface area contributed by atoms with E-state index in [4.69, 9.17) is 4.74 Å². The Balaban J connectivity index is 1.90. The molecule has 1 atom stereocenters. The molecule has 1 fully saturated rings. The van der Waals surface area contributed by atoms with Crippen LogP contribution < -0.4 is 10.5 Å². The van der Waals surface area contributed by atoms with E-state index in [1.165, 1.54) is 0 Å². The lowest BCUT2D eigenvalue weighted by atomic mass is 10.2. The van der Waals surface area contributed by atoms with Crippen LogP contribution in [0.3, 0.4) is 0 Å². The molecule has 2 heterocycles. The summed E-state index contributed by atoms with van der Waals surface area (Å²) in [7, 11) is 0. The van der Waals surface area contributed by atoms with Gasteiger partial charge in [-0.2, -0.15) is 0 Å². The summed E-state index contributed by atoms with van der Waals surface area (Å²) in [4.78, 5) is 16.9. The van der Waals surface area contributed by atoms with E-state index in [9.17, 15) is 4.79 Å². The van der Waals surface area contributed by atoms with Crippen molar-refractivity contribution in [2.24, 2.45) is 0 Å². The summed E-state index contributed by atoms with van der Waals surface area (Å²) in [5.41, 5.74) is 0.888. The molecule has 6 heteroatoms. The molecule has 0 saturated carbocycles. The Kier molecular flexibility index (Phi) is 3.47. The number of nitrogens with one attached hydrogen (secondary N) is 1. The van der Waals surface area contributed by atoms with Gasteiger partial charge in [-0.15, -0.1) is 10.2 Å². The number of hydrogen-bond acceptors (Lipinski definition) is 5. The van der Waals surface area contributed by atoms with E-state index >= 15 is 0 Å². The van der Waals surface area contributed by atoms with Crippen LogP contribution in [0.2, 0.25) is 0 Å². The van der Waals surface area contributed by atoms with E-state index in [1.807, 2.05) is 42.2 Å². The molecule has 0 aliphatic carbocycles. The summed E-state index contributed by atoms with van der Waals surface area (Å²) in [6.45, 7) is 4.04. The molecule has 0 radical (unpaired) electrons. The van der Waals surface area contributed by atoms with Crippen molar-refractivity contribution in [1.29, 1.82) is 0 Å². The molecular weight excluding hydrogens is 256 g/mol. The molecule has 20 heavy (non-hydrogen) atoms. The van der Waals surface area contributed by atoms with Crippen LogP contribution >= 0.6 is 0 Å². The van der Waals surface area contributed by atoms with Gasteiger partial charge in [-0.1, -0.05) is 30.3 Å². The highest BCUT2D eigenvalue weighted by Gasteiger charge is 2.19. The van der Waals surface area contributed by atoms with Crippen molar-refractivity contribution in [2.45, 2.75) is 13.0 Å². The molecule has 1 saturated heterocycles. The van der Waals surface area contributed by atoms with Crippen LogP contribution in [-0.2, 0) is 4.74 Å². The summed E-state index contributed by atoms with van der Waals surface area (Å²) in [5, 5.41) is 8.21. The number of benzene rings is 1. The SMILES string of the molecule is CC1CN(c2nnc(-c3ccccc3)c(=O)[nH]2)CCO1. The van der Waals surface area contributed by atoms with Gasteiger partial charge in [-0.25, -0.2) is 0 Å². The zero-order valence-corrected chi connectivity index (χ0v) is 11.2. The average Bonchev–Trinajstić information content (AvgIpc) is 2.48. The number of H-pyrrole nitrogens is 1. The molecule has 1 aliphatic rings. The number of aromatic nitrogens is 3. The second kappa shape index (κ2) is 5.42. The van der Waals surface area contributed by atoms with Crippen molar-refractivity contribution in [1.82, 2.24) is 15.2 Å². The maximum atomic E-state index is 12.1. The first-order chi connectivity index (χ1) is 9.74. The van der Waals surface area contributed by atoms with E-state index in [1.54, 1.807) is 0 Å². The van der Waals surface area contributed by atoms with Gasteiger partial charge >= 0.3 is 0 Å². The maximum absolute atomic E-state index is 12.1. The van der Waals surface area contributed by atoms with Gasteiger partial charge in [-0.05, 0) is 6.92 Å². The van der Waals surface area contributed by atoms with Crippen molar-refractivity contribution in [3.8, 4) is 11.3 Å². The number of nitrogens with zero attached hydrogens (tertiary/aromatic N) is 3. The maximum Gasteiger partial charge on any atom is 0.279 e. The molecule has 1 aliphatic heterocycles. The Bertz CT molecular complexity index is 641. The molecule has 0 bridgehead atoms. The molecule has 0 amide bonds. The summed E-state index contributed by atoms with van der Waals surface area (Å²) in [6, 6.07) is 9.32. The molecule has 0 spiro atoms.